The molecular weight excluding hydrogens is 486 g/mol. The Morgan fingerprint density at radius 3 is 2.61 bits per heavy atom. The quantitative estimate of drug-likeness (QED) is 0.453. The summed E-state index contributed by atoms with van der Waals surface area (Å²) < 4.78 is 62.5. The highest BCUT2D eigenvalue weighted by atomic mass is 19.4. The number of rotatable bonds is 5. The van der Waals surface area contributed by atoms with Crippen LogP contribution in [0.2, 0.25) is 0 Å². The van der Waals surface area contributed by atoms with E-state index in [9.17, 15) is 32.6 Å². The monoisotopic (exact) mass is 509 g/mol. The molecule has 0 radical (unpaired) electrons. The van der Waals surface area contributed by atoms with Crippen LogP contribution in [-0.4, -0.2) is 74.5 Å². The highest BCUT2D eigenvalue weighted by Crippen LogP contribution is 2.48. The fourth-order valence-electron chi connectivity index (χ4n) is 4.58. The summed E-state index contributed by atoms with van der Waals surface area (Å²) in [5.41, 5.74) is -3.41. The number of carbonyl (C=O) groups is 1. The number of alkyl halides is 4. The van der Waals surface area contributed by atoms with Gasteiger partial charge in [-0.15, -0.1) is 0 Å². The predicted octanol–water partition coefficient (Wildman–Crippen LogP) is 2.51. The van der Waals surface area contributed by atoms with Crippen molar-refractivity contribution in [3.63, 3.8) is 0 Å². The molecular formula is C23H23F4N5O4. The second kappa shape index (κ2) is 8.59. The number of hydrogen-bond donors (Lipinski definition) is 3. The Balaban J connectivity index is 1.52. The van der Waals surface area contributed by atoms with Gasteiger partial charge in [0.15, 0.2) is 5.65 Å². The lowest BCUT2D eigenvalue weighted by atomic mass is 9.93. The fourth-order valence-corrected chi connectivity index (χ4v) is 4.58. The Hall–Kier alpha value is -3.45. The van der Waals surface area contributed by atoms with E-state index >= 15 is 0 Å². The molecule has 1 unspecified atom stereocenters. The molecule has 1 atom stereocenters. The number of fused-ring (bicyclic) bond motifs is 2. The first kappa shape index (κ1) is 24.3. The lowest BCUT2D eigenvalue weighted by molar-refractivity contribution is -0.252. The molecule has 2 aliphatic heterocycles. The van der Waals surface area contributed by atoms with Crippen molar-refractivity contribution in [3.05, 3.63) is 47.9 Å². The first-order valence-electron chi connectivity index (χ1n) is 11.3. The molecule has 4 heterocycles. The van der Waals surface area contributed by atoms with Gasteiger partial charge in [0.1, 0.15) is 17.0 Å². The highest BCUT2D eigenvalue weighted by Gasteiger charge is 2.60. The Bertz CT molecular complexity index is 1310. The maximum absolute atomic E-state index is 14.6. The molecule has 9 nitrogen and oxygen atoms in total. The lowest BCUT2D eigenvalue weighted by Crippen LogP contribution is -2.52. The summed E-state index contributed by atoms with van der Waals surface area (Å²) >= 11 is 0. The molecule has 3 aromatic rings. The average molecular weight is 509 g/mol. The normalized spacial score (nSPS) is 21.3. The molecule has 2 aliphatic rings. The number of nitrogens with one attached hydrogen (secondary N) is 1. The van der Waals surface area contributed by atoms with Crippen molar-refractivity contribution in [2.24, 2.45) is 0 Å². The van der Waals surface area contributed by atoms with E-state index in [0.29, 0.717) is 11.3 Å². The zero-order valence-electron chi connectivity index (χ0n) is 18.9. The van der Waals surface area contributed by atoms with Gasteiger partial charge in [-0.3, -0.25) is 4.79 Å². The third kappa shape index (κ3) is 4.01. The van der Waals surface area contributed by atoms with Gasteiger partial charge in [0.25, 0.3) is 5.91 Å². The van der Waals surface area contributed by atoms with Gasteiger partial charge in [-0.05, 0) is 12.1 Å². The van der Waals surface area contributed by atoms with Crippen molar-refractivity contribution in [3.8, 4) is 5.75 Å². The van der Waals surface area contributed by atoms with Crippen LogP contribution in [0.4, 0.5) is 28.9 Å². The average Bonchev–Trinajstić information content (AvgIpc) is 3.46. The number of halogens is 4. The largest absolute Gasteiger partial charge is 0.475 e. The molecule has 1 saturated heterocycles. The molecule has 36 heavy (non-hydrogen) atoms. The minimum Gasteiger partial charge on any atom is -0.475 e. The molecule has 0 aliphatic carbocycles. The summed E-state index contributed by atoms with van der Waals surface area (Å²) in [6.07, 6.45) is -1.05. The van der Waals surface area contributed by atoms with Gasteiger partial charge in [-0.2, -0.15) is 18.3 Å². The topological polar surface area (TPSA) is 112 Å². The molecule has 0 bridgehead atoms. The van der Waals surface area contributed by atoms with Crippen molar-refractivity contribution in [1.29, 1.82) is 0 Å². The van der Waals surface area contributed by atoms with Gasteiger partial charge in [0.2, 0.25) is 5.60 Å². The first-order chi connectivity index (χ1) is 17.1. The summed E-state index contributed by atoms with van der Waals surface area (Å²) in [4.78, 5) is 19.0. The number of anilines is 2. The number of nitrogens with zero attached hydrogens (tertiary/aromatic N) is 4. The predicted molar refractivity (Wildman–Crippen MR) is 120 cm³/mol. The number of piperidine rings is 1. The van der Waals surface area contributed by atoms with Crippen LogP contribution < -0.4 is 15.0 Å². The Morgan fingerprint density at radius 1 is 1.19 bits per heavy atom. The van der Waals surface area contributed by atoms with Crippen molar-refractivity contribution >= 4 is 22.9 Å². The van der Waals surface area contributed by atoms with Crippen LogP contribution in [0.3, 0.4) is 0 Å². The molecule has 0 saturated carbocycles. The number of benzene rings is 1. The maximum atomic E-state index is 14.6. The molecule has 192 valence electrons. The molecule has 5 rings (SSSR count). The van der Waals surface area contributed by atoms with Crippen LogP contribution in [0, 0.1) is 0 Å². The summed E-state index contributed by atoms with van der Waals surface area (Å²) in [5, 5.41) is 25.7. The van der Waals surface area contributed by atoms with Crippen LogP contribution in [-0.2, 0) is 6.42 Å². The standard InChI is InChI=1S/C23H23F4N5O4/c24-21(12-33)2-6-31(7-3-21)17-9-18-14(10-22(13-34,36-18)23(25,26)27)8-16(17)30-20(35)15-11-29-32-5-1-4-28-19(15)32/h1,4-5,8-9,11,33-34H,2-3,6-7,10,12-13H2,(H,30,35). The third-order valence-electron chi connectivity index (χ3n) is 6.79. The van der Waals surface area contributed by atoms with Crippen LogP contribution in [0.5, 0.6) is 5.75 Å². The number of ether oxygens (including phenoxy) is 1. The van der Waals surface area contributed by atoms with Crippen molar-refractivity contribution < 1.29 is 37.3 Å². The number of amides is 1. The van der Waals surface area contributed by atoms with E-state index < -0.39 is 43.0 Å². The lowest BCUT2D eigenvalue weighted by Gasteiger charge is -2.37. The van der Waals surface area contributed by atoms with E-state index in [2.05, 4.69) is 15.4 Å². The zero-order valence-corrected chi connectivity index (χ0v) is 18.9. The molecule has 3 N–H and O–H groups in total. The number of carbonyl (C=O) groups excluding carboxylic acids is 1. The summed E-state index contributed by atoms with van der Waals surface area (Å²) in [5.74, 6) is -0.661. The van der Waals surface area contributed by atoms with Gasteiger partial charge < -0.3 is 25.2 Å². The van der Waals surface area contributed by atoms with Crippen molar-refractivity contribution in [1.82, 2.24) is 14.6 Å². The molecule has 2 aromatic heterocycles. The molecule has 1 amide bonds. The van der Waals surface area contributed by atoms with E-state index in [0.717, 1.165) is 0 Å². The number of aromatic nitrogens is 3. The third-order valence-corrected chi connectivity index (χ3v) is 6.79. The first-order valence-corrected chi connectivity index (χ1v) is 11.3. The van der Waals surface area contributed by atoms with Gasteiger partial charge in [-0.25, -0.2) is 13.9 Å². The van der Waals surface area contributed by atoms with Gasteiger partial charge in [0, 0.05) is 56.4 Å². The minimum atomic E-state index is -4.84. The van der Waals surface area contributed by atoms with E-state index in [1.54, 1.807) is 17.2 Å². The van der Waals surface area contributed by atoms with Gasteiger partial charge >= 0.3 is 6.18 Å². The molecule has 1 aromatic carbocycles. The number of aliphatic hydroxyl groups is 2. The molecule has 13 heteroatoms. The Kier molecular flexibility index (Phi) is 5.79. The summed E-state index contributed by atoms with van der Waals surface area (Å²) in [7, 11) is 0. The minimum absolute atomic E-state index is 0.00404. The second-order valence-electron chi connectivity index (χ2n) is 9.10. The zero-order chi connectivity index (χ0) is 25.7. The molecule has 1 fully saturated rings. The van der Waals surface area contributed by atoms with E-state index in [-0.39, 0.29) is 48.5 Å². The maximum Gasteiger partial charge on any atom is 0.430 e. The van der Waals surface area contributed by atoms with E-state index in [4.69, 9.17) is 4.74 Å². The van der Waals surface area contributed by atoms with Crippen LogP contribution in [0.1, 0.15) is 28.8 Å². The summed E-state index contributed by atoms with van der Waals surface area (Å²) in [6, 6.07) is 4.39. The highest BCUT2D eigenvalue weighted by molar-refractivity contribution is 6.09. The van der Waals surface area contributed by atoms with Crippen molar-refractivity contribution in [2.45, 2.75) is 36.7 Å². The number of aliphatic hydroxyl groups excluding tert-OH is 2. The van der Waals surface area contributed by atoms with Crippen LogP contribution >= 0.6 is 0 Å². The molecule has 0 spiro atoms. The number of hydrogen-bond acceptors (Lipinski definition) is 7. The Labute approximate surface area is 202 Å². The van der Waals surface area contributed by atoms with Crippen LogP contribution in [0.25, 0.3) is 5.65 Å². The smallest absolute Gasteiger partial charge is 0.430 e. The van der Waals surface area contributed by atoms with E-state index in [1.807, 2.05) is 0 Å². The van der Waals surface area contributed by atoms with Gasteiger partial charge in [0.05, 0.1) is 30.8 Å². The SMILES string of the molecule is O=C(Nc1cc2c(cc1N1CCC(F)(CO)CC1)OC(CO)(C(F)(F)F)C2)c1cnn2cccnc12. The van der Waals surface area contributed by atoms with Crippen molar-refractivity contribution in [2.75, 3.05) is 36.5 Å². The van der Waals surface area contributed by atoms with E-state index in [1.165, 1.54) is 29.0 Å². The van der Waals surface area contributed by atoms with Gasteiger partial charge in [-0.1, -0.05) is 0 Å². The second-order valence-corrected chi connectivity index (χ2v) is 9.10. The summed E-state index contributed by atoms with van der Waals surface area (Å²) in [6.45, 7) is -1.60. The Morgan fingerprint density at radius 2 is 1.94 bits per heavy atom. The fraction of sp³-hybridized carbons (Fsp3) is 0.435. The van der Waals surface area contributed by atoms with Crippen LogP contribution in [0.15, 0.2) is 36.8 Å².